The molecule has 2 aromatic carbocycles. The molecule has 5 aromatic rings. The lowest BCUT2D eigenvalue weighted by molar-refractivity contribution is -0.137. The number of thiophene rings is 1. The summed E-state index contributed by atoms with van der Waals surface area (Å²) in [5.41, 5.74) is 2.19. The Balaban J connectivity index is 1.32. The van der Waals surface area contributed by atoms with Crippen LogP contribution in [0.2, 0.25) is 0 Å². The van der Waals surface area contributed by atoms with Crippen molar-refractivity contribution < 1.29 is 31.1 Å². The fourth-order valence-electron chi connectivity index (χ4n) is 8.74. The number of alkyl halides is 4. The molecule has 55 heavy (non-hydrogen) atoms. The Hall–Kier alpha value is -5.08. The normalized spacial score (nSPS) is 21.5. The van der Waals surface area contributed by atoms with Gasteiger partial charge in [0.2, 0.25) is 0 Å². The fourth-order valence-corrected chi connectivity index (χ4v) is 9.69. The van der Waals surface area contributed by atoms with Crippen LogP contribution >= 0.6 is 11.3 Å². The maximum Gasteiger partial charge on any atom is 0.417 e. The van der Waals surface area contributed by atoms with E-state index in [0.717, 1.165) is 24.6 Å². The third-order valence-electron chi connectivity index (χ3n) is 11.3. The number of nitriles is 1. The van der Waals surface area contributed by atoms with Gasteiger partial charge in [-0.05, 0) is 62.6 Å². The van der Waals surface area contributed by atoms with Gasteiger partial charge in [-0.15, -0.1) is 11.3 Å². The van der Waals surface area contributed by atoms with E-state index in [0.29, 0.717) is 49.5 Å². The van der Waals surface area contributed by atoms with Gasteiger partial charge in [0.1, 0.15) is 46.7 Å². The second kappa shape index (κ2) is 13.6. The Morgan fingerprint density at radius 3 is 2.73 bits per heavy atom. The second-order valence-electron chi connectivity index (χ2n) is 14.4. The molecule has 8 rings (SSSR count). The van der Waals surface area contributed by atoms with Crippen LogP contribution in [0.25, 0.3) is 32.1 Å². The summed E-state index contributed by atoms with van der Waals surface area (Å²) in [6, 6.07) is 7.33. The Bertz CT molecular complexity index is 2450. The molecule has 3 fully saturated rings. The molecule has 6 heterocycles. The molecule has 3 aliphatic heterocycles. The average molecular weight is 783 g/mol. The smallest absolute Gasteiger partial charge is 0.417 e. The van der Waals surface area contributed by atoms with Crippen molar-refractivity contribution >= 4 is 48.8 Å². The van der Waals surface area contributed by atoms with Crippen molar-refractivity contribution in [2.45, 2.75) is 56.5 Å². The minimum atomic E-state index is -5.13. The number of nitrogens with zero attached hydrogens (tertiary/aromatic N) is 7. The first-order valence-electron chi connectivity index (χ1n) is 18.0. The molecule has 288 valence electrons. The zero-order chi connectivity index (χ0) is 39.0. The first-order valence-corrected chi connectivity index (χ1v) is 18.8. The number of ether oxygens (including phenoxy) is 1. The van der Waals surface area contributed by atoms with Gasteiger partial charge in [0.05, 0.1) is 21.4 Å². The Kier molecular flexibility index (Phi) is 9.11. The zero-order valence-corrected chi connectivity index (χ0v) is 30.7. The van der Waals surface area contributed by atoms with Crippen molar-refractivity contribution in [3.8, 4) is 23.2 Å². The van der Waals surface area contributed by atoms with Crippen molar-refractivity contribution in [2.24, 2.45) is 7.05 Å². The summed E-state index contributed by atoms with van der Waals surface area (Å²) in [5, 5.41) is 9.29. The van der Waals surface area contributed by atoms with Crippen LogP contribution in [0.5, 0.6) is 6.01 Å². The summed E-state index contributed by atoms with van der Waals surface area (Å²) in [6.07, 6.45) is -2.33. The van der Waals surface area contributed by atoms with Gasteiger partial charge in [-0.3, -0.25) is 9.69 Å². The largest absolute Gasteiger partial charge is 0.461 e. The number of fused-ring (bicyclic) bond motifs is 3. The number of hydrogen-bond donors (Lipinski definition) is 1. The van der Waals surface area contributed by atoms with E-state index in [1.54, 1.807) is 37.2 Å². The first kappa shape index (κ1) is 36.9. The van der Waals surface area contributed by atoms with Gasteiger partial charge in [-0.25, -0.2) is 13.2 Å². The summed E-state index contributed by atoms with van der Waals surface area (Å²) in [7, 11) is 1.64. The number of benzene rings is 2. The van der Waals surface area contributed by atoms with Gasteiger partial charge >= 0.3 is 12.2 Å². The number of pyridine rings is 1. The lowest BCUT2D eigenvalue weighted by atomic mass is 9.92. The van der Waals surface area contributed by atoms with Crippen LogP contribution in [0.3, 0.4) is 0 Å². The number of likely N-dealkylation sites (N-methyl/N-ethyl adjacent to an activating group) is 1. The van der Waals surface area contributed by atoms with E-state index >= 15 is 22.0 Å². The number of aryl methyl sites for hydroxylation is 1. The highest BCUT2D eigenvalue weighted by atomic mass is 32.1. The number of hydrogen-bond acceptors (Lipinski definition) is 10. The van der Waals surface area contributed by atoms with E-state index in [4.69, 9.17) is 10.5 Å². The highest BCUT2D eigenvalue weighted by molar-refractivity contribution is 7.23. The molecular formula is C38H36F6N8O2S. The molecule has 17 heteroatoms. The van der Waals surface area contributed by atoms with Gasteiger partial charge in [0, 0.05) is 68.2 Å². The van der Waals surface area contributed by atoms with E-state index < -0.39 is 46.2 Å². The Morgan fingerprint density at radius 2 is 1.98 bits per heavy atom. The van der Waals surface area contributed by atoms with Gasteiger partial charge in [0.15, 0.2) is 5.82 Å². The number of nitrogen functional groups attached to an aromatic ring is 1. The molecule has 0 radical (unpaired) electrons. The summed E-state index contributed by atoms with van der Waals surface area (Å²) in [6.45, 7) is 3.73. The minimum Gasteiger partial charge on any atom is -0.461 e. The Labute approximate surface area is 315 Å². The van der Waals surface area contributed by atoms with Crippen molar-refractivity contribution in [3.63, 3.8) is 0 Å². The lowest BCUT2D eigenvalue weighted by Crippen LogP contribution is -2.43. The van der Waals surface area contributed by atoms with Gasteiger partial charge in [-0.1, -0.05) is 6.07 Å². The number of nitrogens with two attached hydrogens (primary N) is 1. The minimum absolute atomic E-state index is 0.0106. The van der Waals surface area contributed by atoms with Crippen molar-refractivity contribution in [1.82, 2.24) is 19.4 Å². The molecule has 0 bridgehead atoms. The molecule has 3 aromatic heterocycles. The molecule has 0 amide bonds. The highest BCUT2D eigenvalue weighted by Gasteiger charge is 2.49. The second-order valence-corrected chi connectivity index (χ2v) is 15.5. The predicted molar refractivity (Wildman–Crippen MR) is 198 cm³/mol. The summed E-state index contributed by atoms with van der Waals surface area (Å²) in [5.74, 6) is -2.21. The fraction of sp³-hybridized carbons (Fsp3) is 0.421. The summed E-state index contributed by atoms with van der Waals surface area (Å²) < 4.78 is 100.0. The molecule has 0 aliphatic carbocycles. The van der Waals surface area contributed by atoms with Crippen LogP contribution in [0.15, 0.2) is 41.3 Å². The van der Waals surface area contributed by atoms with E-state index in [-0.39, 0.29) is 81.1 Å². The Morgan fingerprint density at radius 1 is 1.18 bits per heavy atom. The van der Waals surface area contributed by atoms with Crippen molar-refractivity contribution in [1.29, 1.82) is 5.26 Å². The monoisotopic (exact) mass is 782 g/mol. The van der Waals surface area contributed by atoms with Crippen molar-refractivity contribution in [2.75, 3.05) is 54.9 Å². The quantitative estimate of drug-likeness (QED) is 0.166. The summed E-state index contributed by atoms with van der Waals surface area (Å²) in [4.78, 5) is 27.7. The molecule has 3 aliphatic rings. The molecule has 10 nitrogen and oxygen atoms in total. The van der Waals surface area contributed by atoms with Crippen LogP contribution in [-0.4, -0.2) is 76.5 Å². The highest BCUT2D eigenvalue weighted by Crippen LogP contribution is 2.48. The van der Waals surface area contributed by atoms with Crippen LogP contribution in [0.1, 0.15) is 43.7 Å². The standard InChI is InChI=1S/C38H36F6N8O2S/c1-3-52(21-9-13-50(18-21)27-6-4-11-49(2)35(27)53)34-23-14-25(38(42,43)44)29(22-7-8-26(40)32-28(22)24(16-45)33(46)55-32)30(41)31(23)47-36(48-34)54-19-37-10-5-12-51(37)17-20(39)15-37/h4,6-8,11,14,20-21H,3,5,9-10,12-13,15,17-19,46H2,1-2H3. The van der Waals surface area contributed by atoms with E-state index in [2.05, 4.69) is 9.97 Å². The van der Waals surface area contributed by atoms with Crippen LogP contribution in [-0.2, 0) is 13.2 Å². The van der Waals surface area contributed by atoms with Crippen molar-refractivity contribution in [3.05, 3.63) is 69.6 Å². The third-order valence-corrected chi connectivity index (χ3v) is 12.3. The number of halogens is 6. The first-order chi connectivity index (χ1) is 26.2. The van der Waals surface area contributed by atoms with Crippen LogP contribution in [0.4, 0.5) is 42.8 Å². The maximum atomic E-state index is 17.3. The number of rotatable bonds is 8. The molecule has 3 saturated heterocycles. The molecular weight excluding hydrogens is 747 g/mol. The van der Waals surface area contributed by atoms with E-state index in [9.17, 15) is 14.4 Å². The molecule has 0 saturated carbocycles. The zero-order valence-electron chi connectivity index (χ0n) is 29.9. The number of aromatic nitrogens is 3. The molecule has 3 unspecified atom stereocenters. The van der Waals surface area contributed by atoms with E-state index in [1.807, 2.05) is 15.9 Å². The van der Waals surface area contributed by atoms with Crippen LogP contribution < -0.4 is 25.8 Å². The molecule has 2 N–H and O–H groups in total. The predicted octanol–water partition coefficient (Wildman–Crippen LogP) is 7.02. The van der Waals surface area contributed by atoms with Gasteiger partial charge in [0.25, 0.3) is 5.56 Å². The average Bonchev–Trinajstić information content (AvgIpc) is 3.92. The van der Waals surface area contributed by atoms with Gasteiger partial charge in [-0.2, -0.15) is 28.4 Å². The topological polar surface area (TPSA) is 117 Å². The van der Waals surface area contributed by atoms with Crippen LogP contribution in [0, 0.1) is 23.0 Å². The molecule has 0 spiro atoms. The third kappa shape index (κ3) is 6.10. The lowest BCUT2D eigenvalue weighted by Gasteiger charge is -2.32. The maximum absolute atomic E-state index is 17.3. The molecule has 3 atom stereocenters. The SMILES string of the molecule is CCN(c1nc(OCC23CCCN2CC(F)C3)nc2c(F)c(-c3ccc(F)c4sc(N)c(C#N)c34)c(C(F)(F)F)cc12)C1CCN(c2cccn(C)c2=O)C1. The number of anilines is 3. The van der Waals surface area contributed by atoms with E-state index in [1.165, 1.54) is 4.57 Å². The summed E-state index contributed by atoms with van der Waals surface area (Å²) >= 11 is 0.682. The van der Waals surface area contributed by atoms with Gasteiger partial charge < -0.3 is 24.8 Å².